The van der Waals surface area contributed by atoms with Gasteiger partial charge in [0.25, 0.3) is 0 Å². The summed E-state index contributed by atoms with van der Waals surface area (Å²) >= 11 is 0. The number of benzene rings is 1. The zero-order valence-corrected chi connectivity index (χ0v) is 12.5. The molecule has 0 saturated heterocycles. The van der Waals surface area contributed by atoms with E-state index in [-0.39, 0.29) is 0 Å². The lowest BCUT2D eigenvalue weighted by molar-refractivity contribution is 0.309. The van der Waals surface area contributed by atoms with Crippen LogP contribution in [-0.2, 0) is 6.54 Å². The maximum atomic E-state index is 5.51. The molecule has 108 valence electrons. The number of rotatable bonds is 8. The molecule has 1 aromatic carbocycles. The van der Waals surface area contributed by atoms with E-state index in [9.17, 15) is 0 Å². The van der Waals surface area contributed by atoms with Gasteiger partial charge in [-0.25, -0.2) is 0 Å². The quantitative estimate of drug-likeness (QED) is 0.733. The Morgan fingerprint density at radius 3 is 2.37 bits per heavy atom. The lowest BCUT2D eigenvalue weighted by Crippen LogP contribution is -2.20. The van der Waals surface area contributed by atoms with Crippen LogP contribution in [0.2, 0.25) is 0 Å². The molecule has 1 aromatic rings. The van der Waals surface area contributed by atoms with Crippen molar-refractivity contribution in [2.24, 2.45) is 5.73 Å². The molecule has 0 amide bonds. The first kappa shape index (κ1) is 15.8. The standard InChI is InChI=1S/C15H26N2O2/c1-12-9-15(19-4)13(10-14(12)18-3)11-17(2)8-6-5-7-16/h9-10H,5-8,11,16H2,1-4H3. The number of hydrogen-bond donors (Lipinski definition) is 1. The van der Waals surface area contributed by atoms with E-state index in [0.29, 0.717) is 0 Å². The van der Waals surface area contributed by atoms with Gasteiger partial charge in [-0.1, -0.05) is 0 Å². The van der Waals surface area contributed by atoms with Gasteiger partial charge in [-0.3, -0.25) is 0 Å². The minimum atomic E-state index is 0.759. The fraction of sp³-hybridized carbons (Fsp3) is 0.600. The second kappa shape index (κ2) is 8.02. The van der Waals surface area contributed by atoms with Gasteiger partial charge in [-0.2, -0.15) is 0 Å². The Morgan fingerprint density at radius 1 is 1.11 bits per heavy atom. The van der Waals surface area contributed by atoms with Crippen LogP contribution in [-0.4, -0.2) is 39.3 Å². The van der Waals surface area contributed by atoms with Gasteiger partial charge in [0.1, 0.15) is 11.5 Å². The van der Waals surface area contributed by atoms with Gasteiger partial charge >= 0.3 is 0 Å². The van der Waals surface area contributed by atoms with E-state index >= 15 is 0 Å². The normalized spacial score (nSPS) is 10.8. The summed E-state index contributed by atoms with van der Waals surface area (Å²) in [4.78, 5) is 2.28. The number of unbranched alkanes of at least 4 members (excludes halogenated alkanes) is 1. The highest BCUT2D eigenvalue weighted by molar-refractivity contribution is 5.45. The van der Waals surface area contributed by atoms with Crippen molar-refractivity contribution < 1.29 is 9.47 Å². The Labute approximate surface area is 116 Å². The maximum Gasteiger partial charge on any atom is 0.123 e. The Kier molecular flexibility index (Phi) is 6.67. The third-order valence-electron chi connectivity index (χ3n) is 3.23. The van der Waals surface area contributed by atoms with Crippen molar-refractivity contribution in [3.05, 3.63) is 23.3 Å². The van der Waals surface area contributed by atoms with Gasteiger partial charge in [0.2, 0.25) is 0 Å². The smallest absolute Gasteiger partial charge is 0.123 e. The number of methoxy groups -OCH3 is 2. The summed E-state index contributed by atoms with van der Waals surface area (Å²) in [6, 6.07) is 4.09. The van der Waals surface area contributed by atoms with E-state index in [2.05, 4.69) is 18.0 Å². The van der Waals surface area contributed by atoms with Crippen LogP contribution in [0.4, 0.5) is 0 Å². The van der Waals surface area contributed by atoms with Crippen molar-refractivity contribution in [2.45, 2.75) is 26.3 Å². The van der Waals surface area contributed by atoms with Crippen LogP contribution in [0, 0.1) is 6.92 Å². The van der Waals surface area contributed by atoms with Crippen LogP contribution in [0.3, 0.4) is 0 Å². The van der Waals surface area contributed by atoms with E-state index in [1.807, 2.05) is 13.0 Å². The van der Waals surface area contributed by atoms with Gasteiger partial charge in [-0.05, 0) is 57.6 Å². The molecule has 0 bridgehead atoms. The molecule has 1 rings (SSSR count). The number of ether oxygens (including phenoxy) is 2. The minimum Gasteiger partial charge on any atom is -0.496 e. The summed E-state index contributed by atoms with van der Waals surface area (Å²) < 4.78 is 10.8. The third kappa shape index (κ3) is 4.73. The van der Waals surface area contributed by atoms with Crippen LogP contribution in [0.25, 0.3) is 0 Å². The van der Waals surface area contributed by atoms with Crippen molar-refractivity contribution >= 4 is 0 Å². The molecule has 0 radical (unpaired) electrons. The molecule has 0 unspecified atom stereocenters. The van der Waals surface area contributed by atoms with E-state index < -0.39 is 0 Å². The Hall–Kier alpha value is -1.26. The highest BCUT2D eigenvalue weighted by Gasteiger charge is 2.10. The summed E-state index contributed by atoms with van der Waals surface area (Å²) in [5.41, 5.74) is 7.76. The Balaban J connectivity index is 2.75. The van der Waals surface area contributed by atoms with E-state index in [4.69, 9.17) is 15.2 Å². The van der Waals surface area contributed by atoms with Crippen LogP contribution < -0.4 is 15.2 Å². The molecule has 0 atom stereocenters. The summed E-state index contributed by atoms with van der Waals surface area (Å²) in [7, 11) is 5.52. The summed E-state index contributed by atoms with van der Waals surface area (Å²) in [6.07, 6.45) is 2.19. The van der Waals surface area contributed by atoms with Crippen molar-refractivity contribution in [2.75, 3.05) is 34.4 Å². The molecule has 2 N–H and O–H groups in total. The fourth-order valence-corrected chi connectivity index (χ4v) is 2.13. The molecule has 4 nitrogen and oxygen atoms in total. The highest BCUT2D eigenvalue weighted by atomic mass is 16.5. The van der Waals surface area contributed by atoms with Gasteiger partial charge in [0.05, 0.1) is 14.2 Å². The van der Waals surface area contributed by atoms with Gasteiger partial charge in [-0.15, -0.1) is 0 Å². The Bertz CT molecular complexity index is 394. The zero-order chi connectivity index (χ0) is 14.3. The summed E-state index contributed by atoms with van der Waals surface area (Å²) in [6.45, 7) is 4.67. The largest absolute Gasteiger partial charge is 0.496 e. The molecule has 0 aliphatic heterocycles. The average Bonchev–Trinajstić information content (AvgIpc) is 2.40. The lowest BCUT2D eigenvalue weighted by Gasteiger charge is -2.19. The monoisotopic (exact) mass is 266 g/mol. The molecule has 0 fully saturated rings. The summed E-state index contributed by atoms with van der Waals surface area (Å²) in [5.74, 6) is 1.83. The van der Waals surface area contributed by atoms with Crippen molar-refractivity contribution in [3.63, 3.8) is 0 Å². The minimum absolute atomic E-state index is 0.759. The first-order valence-electron chi connectivity index (χ1n) is 6.72. The molecular formula is C15H26N2O2. The van der Waals surface area contributed by atoms with Crippen molar-refractivity contribution in [1.82, 2.24) is 4.90 Å². The molecule has 0 saturated carbocycles. The van der Waals surface area contributed by atoms with Crippen molar-refractivity contribution in [3.8, 4) is 11.5 Å². The molecular weight excluding hydrogens is 240 g/mol. The van der Waals surface area contributed by atoms with Crippen LogP contribution in [0.5, 0.6) is 11.5 Å². The molecule has 0 heterocycles. The number of nitrogens with two attached hydrogens (primary N) is 1. The molecule has 0 aliphatic rings. The van der Waals surface area contributed by atoms with Gasteiger partial charge < -0.3 is 20.1 Å². The Morgan fingerprint density at radius 2 is 1.79 bits per heavy atom. The summed E-state index contributed by atoms with van der Waals surface area (Å²) in [5, 5.41) is 0. The topological polar surface area (TPSA) is 47.7 Å². The first-order chi connectivity index (χ1) is 9.12. The average molecular weight is 266 g/mol. The zero-order valence-electron chi connectivity index (χ0n) is 12.5. The fourth-order valence-electron chi connectivity index (χ4n) is 2.13. The van der Waals surface area contributed by atoms with Crippen LogP contribution >= 0.6 is 0 Å². The van der Waals surface area contributed by atoms with E-state index in [0.717, 1.165) is 55.1 Å². The maximum absolute atomic E-state index is 5.51. The molecule has 4 heteroatoms. The molecule has 19 heavy (non-hydrogen) atoms. The molecule has 0 aliphatic carbocycles. The number of hydrogen-bond acceptors (Lipinski definition) is 4. The molecule has 0 spiro atoms. The predicted octanol–water partition coefficient (Wildman–Crippen LogP) is 2.18. The van der Waals surface area contributed by atoms with E-state index in [1.165, 1.54) is 0 Å². The second-order valence-corrected chi connectivity index (χ2v) is 4.87. The highest BCUT2D eigenvalue weighted by Crippen LogP contribution is 2.29. The lowest BCUT2D eigenvalue weighted by atomic mass is 10.1. The van der Waals surface area contributed by atoms with Gasteiger partial charge in [0.15, 0.2) is 0 Å². The first-order valence-corrected chi connectivity index (χ1v) is 6.72. The van der Waals surface area contributed by atoms with Crippen molar-refractivity contribution in [1.29, 1.82) is 0 Å². The van der Waals surface area contributed by atoms with Crippen LogP contribution in [0.1, 0.15) is 24.0 Å². The van der Waals surface area contributed by atoms with E-state index in [1.54, 1.807) is 14.2 Å². The predicted molar refractivity (Wildman–Crippen MR) is 78.9 cm³/mol. The number of nitrogens with zero attached hydrogens (tertiary/aromatic N) is 1. The third-order valence-corrected chi connectivity index (χ3v) is 3.23. The number of aryl methyl sites for hydroxylation is 1. The SMILES string of the molecule is COc1cc(CN(C)CCCCN)c(OC)cc1C. The van der Waals surface area contributed by atoms with Crippen LogP contribution in [0.15, 0.2) is 12.1 Å². The van der Waals surface area contributed by atoms with Gasteiger partial charge in [0, 0.05) is 12.1 Å². The second-order valence-electron chi connectivity index (χ2n) is 4.87. The molecule has 0 aromatic heterocycles.